The third-order valence-corrected chi connectivity index (χ3v) is 4.50. The molecule has 1 unspecified atom stereocenters. The minimum Gasteiger partial charge on any atom is -0.309 e. The SMILES string of the molecule is Cc1ccc(C)c(CN2CC(C)(C)NCC2C(C)C)c1. The number of rotatable bonds is 3. The predicted octanol–water partition coefficient (Wildman–Crippen LogP) is 3.51. The second kappa shape index (κ2) is 5.87. The van der Waals surface area contributed by atoms with E-state index in [1.165, 1.54) is 16.7 Å². The number of hydrogen-bond donors (Lipinski definition) is 1. The lowest BCUT2D eigenvalue weighted by atomic mass is 9.92. The molecule has 1 fully saturated rings. The Morgan fingerprint density at radius 1 is 1.30 bits per heavy atom. The summed E-state index contributed by atoms with van der Waals surface area (Å²) >= 11 is 0. The average molecular weight is 274 g/mol. The molecular formula is C18H30N2. The molecule has 1 saturated heterocycles. The first-order chi connectivity index (χ1) is 9.28. The van der Waals surface area contributed by atoms with Crippen molar-refractivity contribution in [2.75, 3.05) is 13.1 Å². The van der Waals surface area contributed by atoms with Crippen LogP contribution in [0.1, 0.15) is 44.4 Å². The van der Waals surface area contributed by atoms with Crippen molar-refractivity contribution in [3.8, 4) is 0 Å². The Bertz CT molecular complexity index is 462. The van der Waals surface area contributed by atoms with Crippen molar-refractivity contribution in [2.24, 2.45) is 5.92 Å². The summed E-state index contributed by atoms with van der Waals surface area (Å²) in [5.74, 6) is 0.684. The van der Waals surface area contributed by atoms with Crippen LogP contribution in [0.4, 0.5) is 0 Å². The van der Waals surface area contributed by atoms with Gasteiger partial charge >= 0.3 is 0 Å². The third kappa shape index (κ3) is 3.62. The normalized spacial score (nSPS) is 23.2. The Kier molecular flexibility index (Phi) is 4.55. The van der Waals surface area contributed by atoms with E-state index in [-0.39, 0.29) is 5.54 Å². The highest BCUT2D eigenvalue weighted by Gasteiger charge is 2.33. The molecule has 1 aliphatic heterocycles. The molecular weight excluding hydrogens is 244 g/mol. The summed E-state index contributed by atoms with van der Waals surface area (Å²) in [6.45, 7) is 17.0. The van der Waals surface area contributed by atoms with Crippen LogP contribution in [-0.2, 0) is 6.54 Å². The van der Waals surface area contributed by atoms with Crippen LogP contribution in [-0.4, -0.2) is 29.6 Å². The van der Waals surface area contributed by atoms with Gasteiger partial charge < -0.3 is 5.32 Å². The van der Waals surface area contributed by atoms with Gasteiger partial charge in [-0.3, -0.25) is 4.90 Å². The summed E-state index contributed by atoms with van der Waals surface area (Å²) in [6, 6.07) is 7.44. The van der Waals surface area contributed by atoms with E-state index in [2.05, 4.69) is 70.0 Å². The van der Waals surface area contributed by atoms with E-state index in [4.69, 9.17) is 0 Å². The van der Waals surface area contributed by atoms with Crippen LogP contribution in [0.5, 0.6) is 0 Å². The Hall–Kier alpha value is -0.860. The molecule has 0 amide bonds. The van der Waals surface area contributed by atoms with Crippen molar-refractivity contribution < 1.29 is 0 Å². The highest BCUT2D eigenvalue weighted by Crippen LogP contribution is 2.23. The summed E-state index contributed by atoms with van der Waals surface area (Å²) in [7, 11) is 0. The first-order valence-electron chi connectivity index (χ1n) is 7.84. The minimum absolute atomic E-state index is 0.211. The van der Waals surface area contributed by atoms with Gasteiger partial charge in [-0.1, -0.05) is 37.6 Å². The van der Waals surface area contributed by atoms with E-state index in [1.54, 1.807) is 0 Å². The number of piperazine rings is 1. The zero-order chi connectivity index (χ0) is 14.9. The predicted molar refractivity (Wildman–Crippen MR) is 87.0 cm³/mol. The van der Waals surface area contributed by atoms with Crippen molar-refractivity contribution in [2.45, 2.75) is 59.7 Å². The van der Waals surface area contributed by atoms with Gasteiger partial charge in [-0.05, 0) is 44.7 Å². The van der Waals surface area contributed by atoms with Crippen molar-refractivity contribution in [3.63, 3.8) is 0 Å². The molecule has 0 bridgehead atoms. The Morgan fingerprint density at radius 2 is 2.00 bits per heavy atom. The number of nitrogens with one attached hydrogen (secondary N) is 1. The molecule has 1 aromatic carbocycles. The first kappa shape index (κ1) is 15.5. The van der Waals surface area contributed by atoms with Gasteiger partial charge in [0, 0.05) is 31.2 Å². The van der Waals surface area contributed by atoms with E-state index in [1.807, 2.05) is 0 Å². The summed E-state index contributed by atoms with van der Waals surface area (Å²) in [4.78, 5) is 2.67. The molecule has 1 atom stereocenters. The van der Waals surface area contributed by atoms with Gasteiger partial charge in [0.05, 0.1) is 0 Å². The molecule has 112 valence electrons. The van der Waals surface area contributed by atoms with Crippen LogP contribution >= 0.6 is 0 Å². The zero-order valence-corrected chi connectivity index (χ0v) is 14.0. The van der Waals surface area contributed by atoms with Crippen LogP contribution in [0.25, 0.3) is 0 Å². The van der Waals surface area contributed by atoms with Gasteiger partial charge in [-0.15, -0.1) is 0 Å². The number of aryl methyl sites for hydroxylation is 2. The highest BCUT2D eigenvalue weighted by atomic mass is 15.2. The lowest BCUT2D eigenvalue weighted by Crippen LogP contribution is -2.62. The summed E-state index contributed by atoms with van der Waals surface area (Å²) in [5, 5.41) is 3.69. The van der Waals surface area contributed by atoms with Gasteiger partial charge in [0.1, 0.15) is 0 Å². The number of hydrogen-bond acceptors (Lipinski definition) is 2. The third-order valence-electron chi connectivity index (χ3n) is 4.50. The number of nitrogens with zero attached hydrogens (tertiary/aromatic N) is 1. The monoisotopic (exact) mass is 274 g/mol. The second-order valence-electron chi connectivity index (χ2n) is 7.41. The van der Waals surface area contributed by atoms with Gasteiger partial charge in [0.2, 0.25) is 0 Å². The molecule has 1 heterocycles. The van der Waals surface area contributed by atoms with Gasteiger partial charge in [0.25, 0.3) is 0 Å². The Balaban J connectivity index is 2.20. The maximum absolute atomic E-state index is 3.69. The van der Waals surface area contributed by atoms with E-state index >= 15 is 0 Å². The van der Waals surface area contributed by atoms with E-state index in [0.717, 1.165) is 19.6 Å². The lowest BCUT2D eigenvalue weighted by molar-refractivity contribution is 0.0626. The molecule has 0 aromatic heterocycles. The molecule has 0 spiro atoms. The van der Waals surface area contributed by atoms with Crippen LogP contribution in [0.15, 0.2) is 18.2 Å². The van der Waals surface area contributed by atoms with Gasteiger partial charge in [0.15, 0.2) is 0 Å². The maximum Gasteiger partial charge on any atom is 0.0253 e. The Labute approximate surface area is 124 Å². The van der Waals surface area contributed by atoms with Crippen LogP contribution in [0.2, 0.25) is 0 Å². The van der Waals surface area contributed by atoms with Crippen molar-refractivity contribution in [1.29, 1.82) is 0 Å². The molecule has 1 aliphatic rings. The summed E-state index contributed by atoms with van der Waals surface area (Å²) in [5.41, 5.74) is 4.47. The van der Waals surface area contributed by atoms with Crippen LogP contribution in [0, 0.1) is 19.8 Å². The first-order valence-corrected chi connectivity index (χ1v) is 7.84. The van der Waals surface area contributed by atoms with Gasteiger partial charge in [-0.2, -0.15) is 0 Å². The van der Waals surface area contributed by atoms with E-state index < -0.39 is 0 Å². The van der Waals surface area contributed by atoms with Crippen molar-refractivity contribution in [3.05, 3.63) is 34.9 Å². The Morgan fingerprint density at radius 3 is 2.65 bits per heavy atom. The lowest BCUT2D eigenvalue weighted by Gasteiger charge is -2.46. The topological polar surface area (TPSA) is 15.3 Å². The largest absolute Gasteiger partial charge is 0.309 e. The van der Waals surface area contributed by atoms with Crippen molar-refractivity contribution >= 4 is 0 Å². The molecule has 1 N–H and O–H groups in total. The fourth-order valence-corrected chi connectivity index (χ4v) is 3.21. The summed E-state index contributed by atoms with van der Waals surface area (Å²) < 4.78 is 0. The van der Waals surface area contributed by atoms with Crippen LogP contribution < -0.4 is 5.32 Å². The van der Waals surface area contributed by atoms with E-state index in [0.29, 0.717) is 12.0 Å². The molecule has 0 radical (unpaired) electrons. The fraction of sp³-hybridized carbons (Fsp3) is 0.667. The average Bonchev–Trinajstić information content (AvgIpc) is 2.32. The second-order valence-corrected chi connectivity index (χ2v) is 7.41. The minimum atomic E-state index is 0.211. The van der Waals surface area contributed by atoms with E-state index in [9.17, 15) is 0 Å². The highest BCUT2D eigenvalue weighted by molar-refractivity contribution is 5.30. The molecule has 0 aliphatic carbocycles. The standard InChI is InChI=1S/C18H30N2/c1-13(2)17-10-19-18(5,6)12-20(17)11-16-9-14(3)7-8-15(16)4/h7-9,13,17,19H,10-12H2,1-6H3. The molecule has 20 heavy (non-hydrogen) atoms. The van der Waals surface area contributed by atoms with Crippen molar-refractivity contribution in [1.82, 2.24) is 10.2 Å². The number of benzene rings is 1. The molecule has 2 rings (SSSR count). The zero-order valence-electron chi connectivity index (χ0n) is 14.0. The quantitative estimate of drug-likeness (QED) is 0.907. The molecule has 2 heteroatoms. The van der Waals surface area contributed by atoms with Crippen LogP contribution in [0.3, 0.4) is 0 Å². The van der Waals surface area contributed by atoms with Gasteiger partial charge in [-0.25, -0.2) is 0 Å². The summed E-state index contributed by atoms with van der Waals surface area (Å²) in [6.07, 6.45) is 0. The molecule has 2 nitrogen and oxygen atoms in total. The molecule has 0 saturated carbocycles. The molecule has 1 aromatic rings. The fourth-order valence-electron chi connectivity index (χ4n) is 3.21. The maximum atomic E-state index is 3.69. The smallest absolute Gasteiger partial charge is 0.0253 e.